The highest BCUT2D eigenvalue weighted by molar-refractivity contribution is 5.78. The minimum absolute atomic E-state index is 0.0804. The zero-order valence-corrected chi connectivity index (χ0v) is 16.2. The van der Waals surface area contributed by atoms with Crippen LogP contribution in [0.2, 0.25) is 0 Å². The van der Waals surface area contributed by atoms with Gasteiger partial charge in [-0.15, -0.1) is 0 Å². The van der Waals surface area contributed by atoms with E-state index in [0.29, 0.717) is 35.5 Å². The van der Waals surface area contributed by atoms with Crippen LogP contribution in [0.1, 0.15) is 36.1 Å². The average Bonchev–Trinajstić information content (AvgIpc) is 2.66. The van der Waals surface area contributed by atoms with E-state index in [1.807, 2.05) is 0 Å². The first kappa shape index (κ1) is 21.6. The lowest BCUT2D eigenvalue weighted by molar-refractivity contribution is -0.139. The van der Waals surface area contributed by atoms with Crippen molar-refractivity contribution in [2.75, 3.05) is 13.7 Å². The maximum absolute atomic E-state index is 13.4. The Labute approximate surface area is 162 Å². The molecule has 0 radical (unpaired) electrons. The molecule has 0 aliphatic heterocycles. The summed E-state index contributed by atoms with van der Waals surface area (Å²) >= 11 is 0. The molecule has 0 atom stereocenters. The smallest absolute Gasteiger partial charge is 0.419 e. The van der Waals surface area contributed by atoms with Crippen molar-refractivity contribution in [1.82, 2.24) is 5.32 Å². The first-order valence-corrected chi connectivity index (χ1v) is 9.07. The number of rotatable bonds is 8. The molecule has 2 aromatic carbocycles. The van der Waals surface area contributed by atoms with Crippen LogP contribution >= 0.6 is 0 Å². The molecule has 28 heavy (non-hydrogen) atoms. The molecule has 0 bridgehead atoms. The Morgan fingerprint density at radius 2 is 1.82 bits per heavy atom. The van der Waals surface area contributed by atoms with Crippen molar-refractivity contribution in [3.8, 4) is 11.5 Å². The molecule has 0 aliphatic carbocycles. The lowest BCUT2D eigenvalue weighted by atomic mass is 10.0. The van der Waals surface area contributed by atoms with E-state index in [0.717, 1.165) is 6.07 Å². The van der Waals surface area contributed by atoms with Gasteiger partial charge in [-0.3, -0.25) is 4.79 Å². The molecular weight excluding hydrogens is 371 g/mol. The minimum Gasteiger partial charge on any atom is -0.493 e. The molecule has 0 aliphatic rings. The number of alkyl halides is 3. The Hall–Kier alpha value is -2.70. The number of carbonyl (C=O) groups is 1. The normalized spacial score (nSPS) is 11.2. The largest absolute Gasteiger partial charge is 0.493 e. The number of benzene rings is 2. The van der Waals surface area contributed by atoms with Gasteiger partial charge in [-0.05, 0) is 42.7 Å². The Kier molecular flexibility index (Phi) is 7.31. The molecule has 2 rings (SSSR count). The Balaban J connectivity index is 2.37. The van der Waals surface area contributed by atoms with Crippen LogP contribution in [0.15, 0.2) is 36.4 Å². The maximum Gasteiger partial charge on any atom is 0.419 e. The van der Waals surface area contributed by atoms with Gasteiger partial charge >= 0.3 is 6.18 Å². The summed E-state index contributed by atoms with van der Waals surface area (Å²) in [6.07, 6.45) is -3.95. The van der Waals surface area contributed by atoms with E-state index in [1.54, 1.807) is 38.1 Å². The van der Waals surface area contributed by atoms with Crippen LogP contribution in [0.3, 0.4) is 0 Å². The second-order valence-electron chi connectivity index (χ2n) is 6.15. The lowest BCUT2D eigenvalue weighted by Gasteiger charge is -2.18. The van der Waals surface area contributed by atoms with E-state index in [2.05, 4.69) is 5.32 Å². The highest BCUT2D eigenvalue weighted by Gasteiger charge is 2.34. The number of amides is 1. The van der Waals surface area contributed by atoms with E-state index in [-0.39, 0.29) is 24.7 Å². The summed E-state index contributed by atoms with van der Waals surface area (Å²) < 4.78 is 51.4. The van der Waals surface area contributed by atoms with E-state index < -0.39 is 11.7 Å². The third-order valence-electron chi connectivity index (χ3n) is 4.29. The predicted molar refractivity (Wildman–Crippen MR) is 101 cm³/mol. The van der Waals surface area contributed by atoms with Gasteiger partial charge in [0.15, 0.2) is 0 Å². The van der Waals surface area contributed by atoms with Crippen molar-refractivity contribution in [3.05, 3.63) is 58.7 Å². The number of ether oxygens (including phenoxy) is 2. The second kappa shape index (κ2) is 9.48. The summed E-state index contributed by atoms with van der Waals surface area (Å²) in [5.74, 6) is 0.0303. The van der Waals surface area contributed by atoms with Gasteiger partial charge in [0.05, 0.1) is 18.6 Å². The van der Waals surface area contributed by atoms with Crippen molar-refractivity contribution in [2.45, 2.75) is 39.5 Å². The Morgan fingerprint density at radius 1 is 1.07 bits per heavy atom. The summed E-state index contributed by atoms with van der Waals surface area (Å²) in [6, 6.07) is 9.24. The van der Waals surface area contributed by atoms with Gasteiger partial charge in [-0.1, -0.05) is 25.1 Å². The van der Waals surface area contributed by atoms with Gasteiger partial charge in [0.1, 0.15) is 18.1 Å². The third-order valence-corrected chi connectivity index (χ3v) is 4.29. The summed E-state index contributed by atoms with van der Waals surface area (Å²) in [5.41, 5.74) is 0.966. The van der Waals surface area contributed by atoms with Crippen molar-refractivity contribution in [3.63, 3.8) is 0 Å². The molecule has 7 heteroatoms. The fourth-order valence-electron chi connectivity index (χ4n) is 2.79. The van der Waals surface area contributed by atoms with Gasteiger partial charge in [0.2, 0.25) is 5.91 Å². The standard InChI is InChI=1S/C21H24F3NO3/c1-4-14-9-10-19(17(11-14)21(22,23)24)28-13-16-15(12-20(26)25-3)7-6-8-18(16)27-5-2/h6-11H,4-5,12-13H2,1-3H3,(H,25,26). The van der Waals surface area contributed by atoms with Crippen molar-refractivity contribution in [2.24, 2.45) is 0 Å². The van der Waals surface area contributed by atoms with Crippen molar-refractivity contribution < 1.29 is 27.4 Å². The first-order chi connectivity index (χ1) is 13.3. The van der Waals surface area contributed by atoms with Gasteiger partial charge in [0, 0.05) is 12.6 Å². The van der Waals surface area contributed by atoms with Crippen LogP contribution in [0, 0.1) is 0 Å². The van der Waals surface area contributed by atoms with Gasteiger partial charge in [-0.25, -0.2) is 0 Å². The Morgan fingerprint density at radius 3 is 2.43 bits per heavy atom. The zero-order chi connectivity index (χ0) is 20.7. The monoisotopic (exact) mass is 395 g/mol. The van der Waals surface area contributed by atoms with Crippen LogP contribution in [-0.2, 0) is 30.4 Å². The molecule has 152 valence electrons. The lowest BCUT2D eigenvalue weighted by Crippen LogP contribution is -2.21. The fourth-order valence-corrected chi connectivity index (χ4v) is 2.79. The van der Waals surface area contributed by atoms with Crippen molar-refractivity contribution >= 4 is 5.91 Å². The van der Waals surface area contributed by atoms with Crippen LogP contribution in [0.25, 0.3) is 0 Å². The molecule has 1 N–H and O–H groups in total. The SMILES string of the molecule is CCOc1cccc(CC(=O)NC)c1COc1ccc(CC)cc1C(F)(F)F. The second-order valence-corrected chi connectivity index (χ2v) is 6.15. The number of likely N-dealkylation sites (N-methyl/N-ethyl adjacent to an activating group) is 1. The first-order valence-electron chi connectivity index (χ1n) is 9.07. The molecule has 0 fully saturated rings. The molecule has 0 unspecified atom stereocenters. The highest BCUT2D eigenvalue weighted by Crippen LogP contribution is 2.37. The van der Waals surface area contributed by atoms with E-state index in [4.69, 9.17) is 9.47 Å². The summed E-state index contributed by atoms with van der Waals surface area (Å²) in [4.78, 5) is 11.8. The van der Waals surface area contributed by atoms with E-state index in [1.165, 1.54) is 13.1 Å². The highest BCUT2D eigenvalue weighted by atomic mass is 19.4. The molecule has 0 spiro atoms. The van der Waals surface area contributed by atoms with Crippen LogP contribution in [0.4, 0.5) is 13.2 Å². The number of halogens is 3. The number of aryl methyl sites for hydroxylation is 1. The molecule has 4 nitrogen and oxygen atoms in total. The van der Waals surface area contributed by atoms with Gasteiger partial charge in [-0.2, -0.15) is 13.2 Å². The molecule has 0 saturated heterocycles. The summed E-state index contributed by atoms with van der Waals surface area (Å²) in [5, 5.41) is 2.54. The molecule has 1 amide bonds. The molecule has 0 saturated carbocycles. The molecule has 2 aromatic rings. The summed E-state index contributed by atoms with van der Waals surface area (Å²) in [7, 11) is 1.52. The zero-order valence-electron chi connectivity index (χ0n) is 16.2. The minimum atomic E-state index is -4.52. The quantitative estimate of drug-likeness (QED) is 0.714. The predicted octanol–water partition coefficient (Wildman–Crippen LogP) is 4.53. The van der Waals surface area contributed by atoms with Crippen LogP contribution in [0.5, 0.6) is 11.5 Å². The average molecular weight is 395 g/mol. The number of hydrogen-bond donors (Lipinski definition) is 1. The number of hydrogen-bond acceptors (Lipinski definition) is 3. The maximum atomic E-state index is 13.4. The summed E-state index contributed by atoms with van der Waals surface area (Å²) in [6.45, 7) is 3.84. The molecule has 0 heterocycles. The topological polar surface area (TPSA) is 47.6 Å². The van der Waals surface area contributed by atoms with Crippen LogP contribution in [-0.4, -0.2) is 19.6 Å². The van der Waals surface area contributed by atoms with Crippen LogP contribution < -0.4 is 14.8 Å². The number of carbonyl (C=O) groups excluding carboxylic acids is 1. The molecular formula is C21H24F3NO3. The number of nitrogens with one attached hydrogen (secondary N) is 1. The van der Waals surface area contributed by atoms with Gasteiger partial charge < -0.3 is 14.8 Å². The van der Waals surface area contributed by atoms with E-state index in [9.17, 15) is 18.0 Å². The van der Waals surface area contributed by atoms with E-state index >= 15 is 0 Å². The van der Waals surface area contributed by atoms with Gasteiger partial charge in [0.25, 0.3) is 0 Å². The van der Waals surface area contributed by atoms with Crippen molar-refractivity contribution in [1.29, 1.82) is 0 Å². The Bertz CT molecular complexity index is 819. The molecule has 0 aromatic heterocycles. The fraction of sp³-hybridized carbons (Fsp3) is 0.381. The third kappa shape index (κ3) is 5.41.